The number of nitrogens with two attached hydrogens (primary N) is 1. The summed E-state index contributed by atoms with van der Waals surface area (Å²) in [6.07, 6.45) is 0. The van der Waals surface area contributed by atoms with Crippen molar-refractivity contribution in [3.05, 3.63) is 57.5 Å². The molecule has 0 amide bonds. The van der Waals surface area contributed by atoms with Crippen LogP contribution in [0.4, 0.5) is 5.82 Å². The van der Waals surface area contributed by atoms with Crippen molar-refractivity contribution in [3.8, 4) is 11.6 Å². The predicted molar refractivity (Wildman–Crippen MR) is 87.7 cm³/mol. The first-order chi connectivity index (χ1) is 10.1. The SMILES string of the molecule is Nc1nc(Oc2ccc(Cl)c3ccccc23)c(Cl)cc1Cl. The highest BCUT2D eigenvalue weighted by atomic mass is 35.5. The molecule has 1 heterocycles. The molecule has 0 spiro atoms. The minimum Gasteiger partial charge on any atom is -0.437 e. The third kappa shape index (κ3) is 2.72. The summed E-state index contributed by atoms with van der Waals surface area (Å²) >= 11 is 18.1. The Morgan fingerprint density at radius 1 is 0.857 bits per heavy atom. The molecule has 6 heteroatoms. The van der Waals surface area contributed by atoms with E-state index in [0.29, 0.717) is 10.8 Å². The minimum atomic E-state index is 0.161. The predicted octanol–water partition coefficient (Wildman–Crippen LogP) is 5.57. The van der Waals surface area contributed by atoms with Crippen LogP contribution in [-0.2, 0) is 0 Å². The van der Waals surface area contributed by atoms with Gasteiger partial charge in [-0.25, -0.2) is 0 Å². The minimum absolute atomic E-state index is 0.161. The number of nitrogens with zero attached hydrogens (tertiary/aromatic N) is 1. The van der Waals surface area contributed by atoms with E-state index in [1.165, 1.54) is 6.07 Å². The van der Waals surface area contributed by atoms with E-state index >= 15 is 0 Å². The van der Waals surface area contributed by atoms with Crippen LogP contribution < -0.4 is 10.5 Å². The third-order valence-electron chi connectivity index (χ3n) is 2.96. The van der Waals surface area contributed by atoms with Crippen LogP contribution in [0.15, 0.2) is 42.5 Å². The van der Waals surface area contributed by atoms with Gasteiger partial charge in [-0.3, -0.25) is 0 Å². The lowest BCUT2D eigenvalue weighted by atomic mass is 10.1. The molecule has 3 aromatic rings. The maximum atomic E-state index is 6.17. The van der Waals surface area contributed by atoms with E-state index in [2.05, 4.69) is 4.98 Å². The van der Waals surface area contributed by atoms with Crippen LogP contribution in [0, 0.1) is 0 Å². The zero-order chi connectivity index (χ0) is 15.0. The van der Waals surface area contributed by atoms with E-state index < -0.39 is 0 Å². The van der Waals surface area contributed by atoms with E-state index in [0.717, 1.165) is 10.8 Å². The van der Waals surface area contributed by atoms with Crippen molar-refractivity contribution >= 4 is 51.4 Å². The molecule has 21 heavy (non-hydrogen) atoms. The number of nitrogen functional groups attached to an aromatic ring is 1. The van der Waals surface area contributed by atoms with Gasteiger partial charge in [0, 0.05) is 15.8 Å². The fraction of sp³-hybridized carbons (Fsp3) is 0. The Morgan fingerprint density at radius 2 is 1.57 bits per heavy atom. The smallest absolute Gasteiger partial charge is 0.240 e. The number of benzene rings is 2. The fourth-order valence-corrected chi connectivity index (χ4v) is 2.59. The second-order valence-electron chi connectivity index (χ2n) is 4.34. The summed E-state index contributed by atoms with van der Waals surface area (Å²) in [5.74, 6) is 0.950. The lowest BCUT2D eigenvalue weighted by molar-refractivity contribution is 0.469. The van der Waals surface area contributed by atoms with Crippen molar-refractivity contribution in [1.29, 1.82) is 0 Å². The summed E-state index contributed by atoms with van der Waals surface area (Å²) in [7, 11) is 0. The first-order valence-electron chi connectivity index (χ1n) is 6.03. The molecule has 0 aliphatic heterocycles. The molecular formula is C15H9Cl3N2O. The molecule has 0 radical (unpaired) electrons. The molecule has 0 saturated heterocycles. The highest BCUT2D eigenvalue weighted by Gasteiger charge is 2.12. The average molecular weight is 340 g/mol. The molecule has 0 bridgehead atoms. The van der Waals surface area contributed by atoms with Crippen molar-refractivity contribution in [3.63, 3.8) is 0 Å². The Bertz CT molecular complexity index is 837. The molecule has 0 fully saturated rings. The Kier molecular flexibility index (Phi) is 3.81. The first-order valence-corrected chi connectivity index (χ1v) is 7.16. The van der Waals surface area contributed by atoms with E-state index in [1.807, 2.05) is 24.3 Å². The monoisotopic (exact) mass is 338 g/mol. The van der Waals surface area contributed by atoms with E-state index in [-0.39, 0.29) is 21.7 Å². The normalized spacial score (nSPS) is 10.8. The number of rotatable bonds is 2. The van der Waals surface area contributed by atoms with Crippen molar-refractivity contribution in [2.24, 2.45) is 0 Å². The lowest BCUT2D eigenvalue weighted by Crippen LogP contribution is -1.96. The number of fused-ring (bicyclic) bond motifs is 1. The summed E-state index contributed by atoms with van der Waals surface area (Å²) in [6.45, 7) is 0. The number of hydrogen-bond donors (Lipinski definition) is 1. The van der Waals surface area contributed by atoms with Gasteiger partial charge in [0.2, 0.25) is 5.88 Å². The van der Waals surface area contributed by atoms with E-state index in [9.17, 15) is 0 Å². The van der Waals surface area contributed by atoms with Crippen LogP contribution in [0.1, 0.15) is 0 Å². The van der Waals surface area contributed by atoms with Gasteiger partial charge in [-0.1, -0.05) is 59.1 Å². The van der Waals surface area contributed by atoms with Crippen molar-refractivity contribution in [2.75, 3.05) is 5.73 Å². The van der Waals surface area contributed by atoms with Gasteiger partial charge in [0.15, 0.2) is 0 Å². The molecule has 0 aliphatic rings. The van der Waals surface area contributed by atoms with Gasteiger partial charge < -0.3 is 10.5 Å². The summed E-state index contributed by atoms with van der Waals surface area (Å²) in [6, 6.07) is 12.6. The van der Waals surface area contributed by atoms with Crippen molar-refractivity contribution < 1.29 is 4.74 Å². The van der Waals surface area contributed by atoms with E-state index in [4.69, 9.17) is 45.3 Å². The van der Waals surface area contributed by atoms with Crippen LogP contribution in [-0.4, -0.2) is 4.98 Å². The van der Waals surface area contributed by atoms with Gasteiger partial charge >= 0.3 is 0 Å². The van der Waals surface area contributed by atoms with Crippen LogP contribution in [0.3, 0.4) is 0 Å². The average Bonchev–Trinajstić information content (AvgIpc) is 2.48. The van der Waals surface area contributed by atoms with Gasteiger partial charge in [0.25, 0.3) is 0 Å². The summed E-state index contributed by atoms with van der Waals surface area (Å²) in [4.78, 5) is 4.06. The number of hydrogen-bond acceptors (Lipinski definition) is 3. The lowest BCUT2D eigenvalue weighted by Gasteiger charge is -2.11. The largest absolute Gasteiger partial charge is 0.437 e. The van der Waals surface area contributed by atoms with Gasteiger partial charge in [0.05, 0.1) is 5.02 Å². The number of anilines is 1. The number of pyridine rings is 1. The molecule has 3 nitrogen and oxygen atoms in total. The molecule has 3 rings (SSSR count). The van der Waals surface area contributed by atoms with Gasteiger partial charge in [0.1, 0.15) is 16.6 Å². The number of halogens is 3. The molecule has 0 unspecified atom stereocenters. The third-order valence-corrected chi connectivity index (χ3v) is 3.87. The molecule has 2 N–H and O–H groups in total. The van der Waals surface area contributed by atoms with Crippen LogP contribution >= 0.6 is 34.8 Å². The maximum absolute atomic E-state index is 6.17. The Balaban J connectivity index is 2.11. The standard InChI is InChI=1S/C15H9Cl3N2O/c16-10-5-6-13(9-4-2-1-3-8(9)10)21-15-12(18)7-11(17)14(19)20-15/h1-7H,(H2,19,20). The van der Waals surface area contributed by atoms with Crippen molar-refractivity contribution in [1.82, 2.24) is 4.98 Å². The second-order valence-corrected chi connectivity index (χ2v) is 5.56. The molecule has 0 saturated carbocycles. The highest BCUT2D eigenvalue weighted by molar-refractivity contribution is 6.37. The van der Waals surface area contributed by atoms with Crippen LogP contribution in [0.25, 0.3) is 10.8 Å². The molecule has 2 aromatic carbocycles. The van der Waals surface area contributed by atoms with Crippen LogP contribution in [0.2, 0.25) is 15.1 Å². The number of ether oxygens (including phenoxy) is 1. The number of aromatic nitrogens is 1. The summed E-state index contributed by atoms with van der Waals surface area (Å²) in [5.41, 5.74) is 5.68. The van der Waals surface area contributed by atoms with E-state index in [1.54, 1.807) is 12.1 Å². The van der Waals surface area contributed by atoms with Gasteiger partial charge in [-0.2, -0.15) is 4.98 Å². The zero-order valence-corrected chi connectivity index (χ0v) is 12.9. The van der Waals surface area contributed by atoms with Gasteiger partial charge in [-0.05, 0) is 18.2 Å². The zero-order valence-electron chi connectivity index (χ0n) is 10.6. The Morgan fingerprint density at radius 3 is 2.33 bits per heavy atom. The molecule has 1 aromatic heterocycles. The van der Waals surface area contributed by atoms with Gasteiger partial charge in [-0.15, -0.1) is 0 Å². The molecule has 0 atom stereocenters. The first kappa shape index (κ1) is 14.3. The van der Waals surface area contributed by atoms with Crippen LogP contribution in [0.5, 0.6) is 11.6 Å². The Hall–Kier alpha value is -1.68. The Labute approximate surface area is 136 Å². The second kappa shape index (κ2) is 5.60. The maximum Gasteiger partial charge on any atom is 0.240 e. The highest BCUT2D eigenvalue weighted by Crippen LogP contribution is 2.37. The van der Waals surface area contributed by atoms with Crippen molar-refractivity contribution in [2.45, 2.75) is 0 Å². The molecular weight excluding hydrogens is 331 g/mol. The fourth-order valence-electron chi connectivity index (χ4n) is 1.96. The molecule has 106 valence electrons. The topological polar surface area (TPSA) is 48.1 Å². The molecule has 0 aliphatic carbocycles. The quantitative estimate of drug-likeness (QED) is 0.664. The summed E-state index contributed by atoms with van der Waals surface area (Å²) < 4.78 is 5.77. The summed E-state index contributed by atoms with van der Waals surface area (Å²) in [5, 5.41) is 2.96.